The normalized spacial score (nSPS) is 53.6. The Bertz CT molecular complexity index is 540. The summed E-state index contributed by atoms with van der Waals surface area (Å²) in [6.07, 6.45) is 12.6. The summed E-state index contributed by atoms with van der Waals surface area (Å²) < 4.78 is 0. The molecule has 1 N–H and O–H groups in total. The van der Waals surface area contributed by atoms with Crippen LogP contribution >= 0.6 is 0 Å². The fraction of sp³-hybridized carbons (Fsp3) is 0.864. The summed E-state index contributed by atoms with van der Waals surface area (Å²) in [7, 11) is 0. The first-order valence-electron chi connectivity index (χ1n) is 10.2. The second kappa shape index (κ2) is 5.69. The lowest BCUT2D eigenvalue weighted by molar-refractivity contribution is -0.134. The smallest absolute Gasteiger partial charge is 0.133 e. The Morgan fingerprint density at radius 1 is 1.08 bits per heavy atom. The molecule has 8 atom stereocenters. The zero-order chi connectivity index (χ0) is 17.1. The van der Waals surface area contributed by atoms with E-state index in [2.05, 4.69) is 19.6 Å². The predicted molar refractivity (Wildman–Crippen MR) is 96.4 cm³/mol. The van der Waals surface area contributed by atoms with Gasteiger partial charge in [-0.05, 0) is 93.8 Å². The van der Waals surface area contributed by atoms with Crippen molar-refractivity contribution in [1.82, 2.24) is 0 Å². The second-order valence-corrected chi connectivity index (χ2v) is 9.68. The fourth-order valence-electron chi connectivity index (χ4n) is 7.94. The Kier molecular flexibility index (Phi) is 3.99. The van der Waals surface area contributed by atoms with E-state index in [-0.39, 0.29) is 17.4 Å². The van der Waals surface area contributed by atoms with Gasteiger partial charge in [-0.1, -0.05) is 13.0 Å². The molecule has 0 aromatic carbocycles. The SMILES string of the molecule is C=C[C@]12CC[C@H]3[C@@H](CC[C@H]4C[C@H](O)CC[C@@]43C)[C@@H]1CCC2C(C)=O. The van der Waals surface area contributed by atoms with E-state index in [0.717, 1.165) is 37.5 Å². The first kappa shape index (κ1) is 16.8. The van der Waals surface area contributed by atoms with Crippen LogP contribution in [0.15, 0.2) is 12.7 Å². The molecule has 4 aliphatic carbocycles. The van der Waals surface area contributed by atoms with Crippen LogP contribution in [0.4, 0.5) is 0 Å². The largest absolute Gasteiger partial charge is 0.393 e. The molecule has 0 aromatic heterocycles. The van der Waals surface area contributed by atoms with Crippen LogP contribution in [-0.4, -0.2) is 17.0 Å². The number of hydrogen-bond acceptors (Lipinski definition) is 2. The van der Waals surface area contributed by atoms with Crippen LogP contribution in [0.1, 0.15) is 71.6 Å². The number of carbonyl (C=O) groups excluding carboxylic acids is 1. The Morgan fingerprint density at radius 3 is 2.58 bits per heavy atom. The van der Waals surface area contributed by atoms with E-state index in [1.54, 1.807) is 6.92 Å². The molecule has 1 unspecified atom stereocenters. The van der Waals surface area contributed by atoms with Crippen molar-refractivity contribution in [2.75, 3.05) is 0 Å². The maximum atomic E-state index is 12.3. The van der Waals surface area contributed by atoms with Crippen LogP contribution < -0.4 is 0 Å². The molecule has 0 spiro atoms. The van der Waals surface area contributed by atoms with E-state index in [4.69, 9.17) is 0 Å². The molecule has 0 bridgehead atoms. The Hall–Kier alpha value is -0.630. The van der Waals surface area contributed by atoms with E-state index < -0.39 is 0 Å². The molecule has 0 aliphatic heterocycles. The van der Waals surface area contributed by atoms with Gasteiger partial charge in [0.2, 0.25) is 0 Å². The van der Waals surface area contributed by atoms with Gasteiger partial charge in [-0.25, -0.2) is 0 Å². The van der Waals surface area contributed by atoms with Crippen molar-refractivity contribution >= 4 is 5.78 Å². The summed E-state index contributed by atoms with van der Waals surface area (Å²) in [5.74, 6) is 3.57. The van der Waals surface area contributed by atoms with Gasteiger partial charge in [0.25, 0.3) is 0 Å². The molecule has 24 heavy (non-hydrogen) atoms. The third-order valence-corrected chi connectivity index (χ3v) is 9.10. The van der Waals surface area contributed by atoms with E-state index in [0.29, 0.717) is 23.0 Å². The molecule has 2 heteroatoms. The van der Waals surface area contributed by atoms with Crippen molar-refractivity contribution in [1.29, 1.82) is 0 Å². The summed E-state index contributed by atoms with van der Waals surface area (Å²) in [4.78, 5) is 12.3. The number of Topliss-reactive ketones (excluding diaryl/α,β-unsaturated/α-hetero) is 1. The van der Waals surface area contributed by atoms with Gasteiger partial charge in [-0.3, -0.25) is 4.79 Å². The monoisotopic (exact) mass is 330 g/mol. The summed E-state index contributed by atoms with van der Waals surface area (Å²) >= 11 is 0. The van der Waals surface area contributed by atoms with E-state index >= 15 is 0 Å². The van der Waals surface area contributed by atoms with Gasteiger partial charge < -0.3 is 5.11 Å². The number of aliphatic hydroxyl groups excluding tert-OH is 1. The molecular formula is C22H34O2. The average Bonchev–Trinajstić information content (AvgIpc) is 2.95. The lowest BCUT2D eigenvalue weighted by atomic mass is 9.44. The third-order valence-electron chi connectivity index (χ3n) is 9.10. The number of allylic oxidation sites excluding steroid dienone is 1. The van der Waals surface area contributed by atoms with E-state index in [1.165, 1.54) is 32.1 Å². The summed E-state index contributed by atoms with van der Waals surface area (Å²) in [6, 6.07) is 0. The van der Waals surface area contributed by atoms with Crippen LogP contribution in [-0.2, 0) is 4.79 Å². The van der Waals surface area contributed by atoms with Gasteiger partial charge in [0.1, 0.15) is 5.78 Å². The summed E-state index contributed by atoms with van der Waals surface area (Å²) in [6.45, 7) is 8.53. The molecule has 4 aliphatic rings. The summed E-state index contributed by atoms with van der Waals surface area (Å²) in [5.41, 5.74) is 0.508. The minimum atomic E-state index is -0.0657. The number of carbonyl (C=O) groups is 1. The van der Waals surface area contributed by atoms with E-state index in [1.807, 2.05) is 0 Å². The molecular weight excluding hydrogens is 296 g/mol. The standard InChI is InChI=1S/C22H34O2/c1-4-22-12-10-19-17(20(22)8-7-18(22)14(2)23)6-5-15-13-16(24)9-11-21(15,19)3/h4,15-20,24H,1,5-13H2,2-3H3/t15-,16+,17+,18?,19-,20-,21-,22+/m0/s1. The fourth-order valence-corrected chi connectivity index (χ4v) is 7.94. The van der Waals surface area contributed by atoms with Crippen LogP contribution in [0, 0.1) is 40.4 Å². The van der Waals surface area contributed by atoms with Crippen LogP contribution in [0.25, 0.3) is 0 Å². The highest BCUT2D eigenvalue weighted by molar-refractivity contribution is 5.80. The minimum absolute atomic E-state index is 0.0657. The first-order valence-corrected chi connectivity index (χ1v) is 10.2. The lowest BCUT2D eigenvalue weighted by Gasteiger charge is -2.61. The highest BCUT2D eigenvalue weighted by Gasteiger charge is 2.61. The lowest BCUT2D eigenvalue weighted by Crippen LogP contribution is -2.54. The minimum Gasteiger partial charge on any atom is -0.393 e. The number of ketones is 1. The molecule has 0 saturated heterocycles. The highest BCUT2D eigenvalue weighted by atomic mass is 16.3. The topological polar surface area (TPSA) is 37.3 Å². The van der Waals surface area contributed by atoms with Crippen molar-refractivity contribution in [3.05, 3.63) is 12.7 Å². The number of fused-ring (bicyclic) bond motifs is 5. The van der Waals surface area contributed by atoms with Crippen molar-refractivity contribution in [3.8, 4) is 0 Å². The summed E-state index contributed by atoms with van der Waals surface area (Å²) in [5, 5.41) is 10.1. The van der Waals surface area contributed by atoms with Crippen LogP contribution in [0.2, 0.25) is 0 Å². The second-order valence-electron chi connectivity index (χ2n) is 9.68. The maximum Gasteiger partial charge on any atom is 0.133 e. The average molecular weight is 331 g/mol. The first-order chi connectivity index (χ1) is 11.4. The predicted octanol–water partition coefficient (Wildman–Crippen LogP) is 4.76. The van der Waals surface area contributed by atoms with Gasteiger partial charge >= 0.3 is 0 Å². The van der Waals surface area contributed by atoms with Crippen LogP contribution in [0.3, 0.4) is 0 Å². The van der Waals surface area contributed by atoms with Crippen molar-refractivity contribution in [3.63, 3.8) is 0 Å². The molecule has 134 valence electrons. The quantitative estimate of drug-likeness (QED) is 0.741. The molecule has 4 rings (SSSR count). The zero-order valence-electron chi connectivity index (χ0n) is 15.5. The number of hydrogen-bond donors (Lipinski definition) is 1. The van der Waals surface area contributed by atoms with Crippen molar-refractivity contribution in [2.24, 2.45) is 40.4 Å². The Labute approximate surface area is 147 Å². The maximum absolute atomic E-state index is 12.3. The molecule has 0 amide bonds. The molecule has 0 radical (unpaired) electrons. The Morgan fingerprint density at radius 2 is 1.88 bits per heavy atom. The van der Waals surface area contributed by atoms with Crippen molar-refractivity contribution < 1.29 is 9.90 Å². The number of rotatable bonds is 2. The van der Waals surface area contributed by atoms with E-state index in [9.17, 15) is 9.90 Å². The molecule has 0 heterocycles. The van der Waals surface area contributed by atoms with Gasteiger partial charge in [0, 0.05) is 11.3 Å². The van der Waals surface area contributed by atoms with Gasteiger partial charge in [0.15, 0.2) is 0 Å². The van der Waals surface area contributed by atoms with Crippen molar-refractivity contribution in [2.45, 2.75) is 77.7 Å². The Balaban J connectivity index is 1.65. The van der Waals surface area contributed by atoms with Crippen LogP contribution in [0.5, 0.6) is 0 Å². The van der Waals surface area contributed by atoms with Gasteiger partial charge in [-0.2, -0.15) is 0 Å². The highest BCUT2D eigenvalue weighted by Crippen LogP contribution is 2.67. The van der Waals surface area contributed by atoms with Gasteiger partial charge in [-0.15, -0.1) is 6.58 Å². The molecule has 0 aromatic rings. The molecule has 4 saturated carbocycles. The molecule has 2 nitrogen and oxygen atoms in total. The number of aliphatic hydroxyl groups is 1. The van der Waals surface area contributed by atoms with Gasteiger partial charge in [0.05, 0.1) is 6.10 Å². The zero-order valence-corrected chi connectivity index (χ0v) is 15.5. The molecule has 4 fully saturated rings. The third kappa shape index (κ3) is 2.14.